The quantitative estimate of drug-likeness (QED) is 0.791. The number of nitrogens with one attached hydrogen (secondary N) is 1. The second-order valence-corrected chi connectivity index (χ2v) is 7.78. The first-order chi connectivity index (χ1) is 14.4. The summed E-state index contributed by atoms with van der Waals surface area (Å²) in [4.78, 5) is 41.8. The number of fused-ring (bicyclic) bond motifs is 1. The van der Waals surface area contributed by atoms with E-state index in [1.807, 2.05) is 30.3 Å². The molecule has 0 saturated carbocycles. The van der Waals surface area contributed by atoms with Crippen molar-refractivity contribution in [3.8, 4) is 0 Å². The smallest absolute Gasteiger partial charge is 0.274 e. The van der Waals surface area contributed by atoms with Gasteiger partial charge in [-0.05, 0) is 12.5 Å². The first kappa shape index (κ1) is 20.1. The van der Waals surface area contributed by atoms with E-state index in [9.17, 15) is 14.4 Å². The van der Waals surface area contributed by atoms with Gasteiger partial charge < -0.3 is 19.9 Å². The number of ether oxygens (including phenoxy) is 1. The fourth-order valence-electron chi connectivity index (χ4n) is 3.73. The molecule has 9 nitrogen and oxygen atoms in total. The molecule has 158 valence electrons. The average Bonchev–Trinajstić information content (AvgIpc) is 3.20. The summed E-state index contributed by atoms with van der Waals surface area (Å²) < 4.78 is 6.75. The standard InChI is InChI=1S/C21H25N5O4/c1-21(20(29)22-13-15-6-4-3-5-7-15)14-26-17(19(28)24(21)2)12-16(23-26)18(27)25-8-10-30-11-9-25/h3-7,12H,8-11,13-14H2,1-2H3,(H,22,29). The van der Waals surface area contributed by atoms with Crippen molar-refractivity contribution in [1.82, 2.24) is 24.9 Å². The highest BCUT2D eigenvalue weighted by atomic mass is 16.5. The minimum atomic E-state index is -1.12. The highest BCUT2D eigenvalue weighted by Crippen LogP contribution is 2.26. The predicted molar refractivity (Wildman–Crippen MR) is 108 cm³/mol. The monoisotopic (exact) mass is 411 g/mol. The molecule has 0 bridgehead atoms. The number of carbonyl (C=O) groups is 3. The fourth-order valence-corrected chi connectivity index (χ4v) is 3.73. The van der Waals surface area contributed by atoms with Crippen LogP contribution in [0.2, 0.25) is 0 Å². The first-order valence-corrected chi connectivity index (χ1v) is 9.95. The van der Waals surface area contributed by atoms with Gasteiger partial charge in [0.15, 0.2) is 5.69 Å². The van der Waals surface area contributed by atoms with Crippen molar-refractivity contribution in [3.63, 3.8) is 0 Å². The van der Waals surface area contributed by atoms with Crippen molar-refractivity contribution in [2.45, 2.75) is 25.6 Å². The lowest BCUT2D eigenvalue weighted by Gasteiger charge is -2.40. The van der Waals surface area contributed by atoms with E-state index < -0.39 is 5.54 Å². The van der Waals surface area contributed by atoms with Gasteiger partial charge in [-0.15, -0.1) is 0 Å². The van der Waals surface area contributed by atoms with Crippen LogP contribution in [0.5, 0.6) is 0 Å². The van der Waals surface area contributed by atoms with Crippen molar-refractivity contribution >= 4 is 17.7 Å². The number of hydrogen-bond acceptors (Lipinski definition) is 5. The number of aromatic nitrogens is 2. The number of rotatable bonds is 4. The molecular formula is C21H25N5O4. The zero-order valence-electron chi connectivity index (χ0n) is 17.1. The highest BCUT2D eigenvalue weighted by molar-refractivity contribution is 6.01. The minimum Gasteiger partial charge on any atom is -0.378 e. The molecule has 1 aromatic heterocycles. The molecule has 1 aromatic carbocycles. The summed E-state index contributed by atoms with van der Waals surface area (Å²) in [6, 6.07) is 11.1. The number of carbonyl (C=O) groups excluding carboxylic acids is 3. The molecule has 2 aromatic rings. The molecule has 2 aliphatic heterocycles. The van der Waals surface area contributed by atoms with Crippen LogP contribution in [0, 0.1) is 0 Å². The number of benzene rings is 1. The number of likely N-dealkylation sites (N-methyl/N-ethyl adjacent to an activating group) is 1. The van der Waals surface area contributed by atoms with Crippen molar-refractivity contribution in [1.29, 1.82) is 0 Å². The Morgan fingerprint density at radius 1 is 1.20 bits per heavy atom. The van der Waals surface area contributed by atoms with E-state index >= 15 is 0 Å². The van der Waals surface area contributed by atoms with Gasteiger partial charge in [0.1, 0.15) is 11.2 Å². The normalized spacial score (nSPS) is 21.3. The Hall–Kier alpha value is -3.20. The average molecular weight is 411 g/mol. The molecular weight excluding hydrogens is 386 g/mol. The molecule has 0 aliphatic carbocycles. The van der Waals surface area contributed by atoms with E-state index in [2.05, 4.69) is 10.4 Å². The molecule has 30 heavy (non-hydrogen) atoms. The molecule has 9 heteroatoms. The maximum atomic E-state index is 13.0. The first-order valence-electron chi connectivity index (χ1n) is 9.95. The Labute approximate surface area is 174 Å². The third-order valence-corrected chi connectivity index (χ3v) is 5.80. The molecule has 3 amide bonds. The largest absolute Gasteiger partial charge is 0.378 e. The van der Waals surface area contributed by atoms with E-state index in [0.717, 1.165) is 5.56 Å². The SMILES string of the molecule is CN1C(=O)c2cc(C(=O)N3CCOCC3)nn2CC1(C)C(=O)NCc1ccccc1. The van der Waals surface area contributed by atoms with Crippen LogP contribution in [0.15, 0.2) is 36.4 Å². The lowest BCUT2D eigenvalue weighted by Crippen LogP contribution is -2.62. The minimum absolute atomic E-state index is 0.168. The summed E-state index contributed by atoms with van der Waals surface area (Å²) >= 11 is 0. The van der Waals surface area contributed by atoms with E-state index in [0.29, 0.717) is 38.5 Å². The lowest BCUT2D eigenvalue weighted by molar-refractivity contribution is -0.132. The van der Waals surface area contributed by atoms with Crippen molar-refractivity contribution in [3.05, 3.63) is 53.3 Å². The lowest BCUT2D eigenvalue weighted by atomic mass is 9.96. The molecule has 3 heterocycles. The molecule has 2 aliphatic rings. The maximum Gasteiger partial charge on any atom is 0.274 e. The topological polar surface area (TPSA) is 96.8 Å². The molecule has 4 rings (SSSR count). The number of hydrogen-bond donors (Lipinski definition) is 1. The zero-order chi connectivity index (χ0) is 21.3. The van der Waals surface area contributed by atoms with Crippen LogP contribution in [0.1, 0.15) is 33.5 Å². The summed E-state index contributed by atoms with van der Waals surface area (Å²) in [6.07, 6.45) is 0. The number of morpholine rings is 1. The summed E-state index contributed by atoms with van der Waals surface area (Å²) in [5.74, 6) is -0.845. The maximum absolute atomic E-state index is 13.0. The Morgan fingerprint density at radius 2 is 1.90 bits per heavy atom. The molecule has 1 unspecified atom stereocenters. The van der Waals surface area contributed by atoms with Gasteiger partial charge in [-0.2, -0.15) is 5.10 Å². The Morgan fingerprint density at radius 3 is 2.60 bits per heavy atom. The summed E-state index contributed by atoms with van der Waals surface area (Å²) in [7, 11) is 1.60. The van der Waals surface area contributed by atoms with E-state index in [1.165, 1.54) is 15.6 Å². The van der Waals surface area contributed by atoms with Gasteiger partial charge >= 0.3 is 0 Å². The van der Waals surface area contributed by atoms with E-state index in [4.69, 9.17) is 4.74 Å². The zero-order valence-corrected chi connectivity index (χ0v) is 17.1. The van der Waals surface area contributed by atoms with Crippen LogP contribution >= 0.6 is 0 Å². The highest BCUT2D eigenvalue weighted by Gasteiger charge is 2.46. The second kappa shape index (κ2) is 7.91. The van der Waals surface area contributed by atoms with Gasteiger partial charge in [0.25, 0.3) is 11.8 Å². The third-order valence-electron chi connectivity index (χ3n) is 5.80. The van der Waals surface area contributed by atoms with Gasteiger partial charge in [-0.1, -0.05) is 30.3 Å². The molecule has 1 atom stereocenters. The predicted octanol–water partition coefficient (Wildman–Crippen LogP) is 0.516. The number of nitrogens with zero attached hydrogens (tertiary/aromatic N) is 4. The Bertz CT molecular complexity index is 967. The molecule has 1 saturated heterocycles. The van der Waals surface area contributed by atoms with Crippen LogP contribution < -0.4 is 5.32 Å². The summed E-state index contributed by atoms with van der Waals surface area (Å²) in [5, 5.41) is 7.27. The molecule has 0 spiro atoms. The van der Waals surface area contributed by atoms with Crippen LogP contribution in [-0.2, 0) is 22.6 Å². The van der Waals surface area contributed by atoms with Gasteiger partial charge in [0, 0.05) is 32.7 Å². The van der Waals surface area contributed by atoms with Crippen LogP contribution in [-0.4, -0.2) is 76.2 Å². The van der Waals surface area contributed by atoms with Crippen LogP contribution in [0.4, 0.5) is 0 Å². The van der Waals surface area contributed by atoms with Crippen molar-refractivity contribution in [2.75, 3.05) is 33.4 Å². The van der Waals surface area contributed by atoms with E-state index in [1.54, 1.807) is 18.9 Å². The van der Waals surface area contributed by atoms with Crippen molar-refractivity contribution in [2.24, 2.45) is 0 Å². The Balaban J connectivity index is 1.53. The van der Waals surface area contributed by atoms with Crippen LogP contribution in [0.3, 0.4) is 0 Å². The van der Waals surface area contributed by atoms with Gasteiger partial charge in [-0.3, -0.25) is 19.1 Å². The molecule has 0 radical (unpaired) electrons. The third kappa shape index (κ3) is 3.56. The molecule has 1 fully saturated rings. The fraction of sp³-hybridized carbons (Fsp3) is 0.429. The van der Waals surface area contributed by atoms with Crippen molar-refractivity contribution < 1.29 is 19.1 Å². The summed E-state index contributed by atoms with van der Waals surface area (Å²) in [6.45, 7) is 4.20. The second-order valence-electron chi connectivity index (χ2n) is 7.78. The Kier molecular flexibility index (Phi) is 5.29. The van der Waals surface area contributed by atoms with Gasteiger partial charge in [-0.25, -0.2) is 0 Å². The number of amides is 3. The molecule has 1 N–H and O–H groups in total. The van der Waals surface area contributed by atoms with Gasteiger partial charge in [0.2, 0.25) is 5.91 Å². The summed E-state index contributed by atoms with van der Waals surface area (Å²) in [5.41, 5.74) is 0.368. The van der Waals surface area contributed by atoms with E-state index in [-0.39, 0.29) is 30.0 Å². The van der Waals surface area contributed by atoms with Gasteiger partial charge in [0.05, 0.1) is 19.8 Å². The van der Waals surface area contributed by atoms with Crippen LogP contribution in [0.25, 0.3) is 0 Å².